The Bertz CT molecular complexity index is 233. The van der Waals surface area contributed by atoms with E-state index in [2.05, 4.69) is 12.2 Å². The van der Waals surface area contributed by atoms with Crippen LogP contribution in [0.4, 0.5) is 0 Å². The molecule has 0 spiro atoms. The summed E-state index contributed by atoms with van der Waals surface area (Å²) in [5.41, 5.74) is 5.49. The molecule has 1 aliphatic carbocycles. The van der Waals surface area contributed by atoms with Gasteiger partial charge >= 0.3 is 0 Å². The number of piperidine rings is 1. The highest BCUT2D eigenvalue weighted by atomic mass is 16.3. The van der Waals surface area contributed by atoms with E-state index in [-0.39, 0.29) is 5.41 Å². The van der Waals surface area contributed by atoms with Crippen LogP contribution in [0.3, 0.4) is 0 Å². The maximum absolute atomic E-state index is 11.1. The van der Waals surface area contributed by atoms with E-state index in [9.17, 15) is 5.11 Å². The van der Waals surface area contributed by atoms with E-state index in [0.717, 1.165) is 32.4 Å². The molecule has 0 aromatic heterocycles. The van der Waals surface area contributed by atoms with Gasteiger partial charge in [-0.05, 0) is 31.7 Å². The van der Waals surface area contributed by atoms with Gasteiger partial charge in [-0.3, -0.25) is 0 Å². The molecule has 1 saturated heterocycles. The molecular formula is C13H26N2O. The lowest BCUT2D eigenvalue weighted by atomic mass is 9.57. The molecule has 1 saturated carbocycles. The van der Waals surface area contributed by atoms with Crippen LogP contribution < -0.4 is 11.1 Å². The molecule has 2 unspecified atom stereocenters. The van der Waals surface area contributed by atoms with Gasteiger partial charge in [0.05, 0.1) is 5.60 Å². The van der Waals surface area contributed by atoms with Gasteiger partial charge < -0.3 is 16.2 Å². The average molecular weight is 226 g/mol. The number of aliphatic hydroxyl groups is 1. The van der Waals surface area contributed by atoms with Gasteiger partial charge in [0, 0.05) is 18.5 Å². The fraction of sp³-hybridized carbons (Fsp3) is 1.00. The number of hydrogen-bond donors (Lipinski definition) is 3. The summed E-state index contributed by atoms with van der Waals surface area (Å²) in [5.74, 6) is 0.322. The van der Waals surface area contributed by atoms with E-state index >= 15 is 0 Å². The van der Waals surface area contributed by atoms with Crippen molar-refractivity contribution in [1.82, 2.24) is 5.32 Å². The Morgan fingerprint density at radius 1 is 1.25 bits per heavy atom. The molecule has 3 nitrogen and oxygen atoms in total. The Labute approximate surface area is 98.8 Å². The molecule has 3 heteroatoms. The zero-order valence-corrected chi connectivity index (χ0v) is 10.5. The van der Waals surface area contributed by atoms with Crippen molar-refractivity contribution in [2.24, 2.45) is 17.1 Å². The van der Waals surface area contributed by atoms with Gasteiger partial charge in [-0.25, -0.2) is 0 Å². The predicted molar refractivity (Wildman–Crippen MR) is 66.2 cm³/mol. The number of nitrogens with one attached hydrogen (secondary N) is 1. The number of rotatable bonds is 2. The van der Waals surface area contributed by atoms with Crippen molar-refractivity contribution in [3.8, 4) is 0 Å². The van der Waals surface area contributed by atoms with Crippen molar-refractivity contribution in [1.29, 1.82) is 0 Å². The quantitative estimate of drug-likeness (QED) is 0.664. The SMILES string of the molecule is CC1CNCCC1(O)C1(CN)CCCCC1. The molecule has 2 fully saturated rings. The zero-order valence-electron chi connectivity index (χ0n) is 10.5. The Morgan fingerprint density at radius 3 is 2.50 bits per heavy atom. The zero-order chi connectivity index (χ0) is 11.6. The van der Waals surface area contributed by atoms with Crippen LogP contribution in [0.2, 0.25) is 0 Å². The maximum Gasteiger partial charge on any atom is 0.0765 e. The van der Waals surface area contributed by atoms with Crippen LogP contribution in [0.5, 0.6) is 0 Å². The van der Waals surface area contributed by atoms with Gasteiger partial charge in [-0.1, -0.05) is 26.2 Å². The summed E-state index contributed by atoms with van der Waals surface area (Å²) < 4.78 is 0. The van der Waals surface area contributed by atoms with Crippen LogP contribution in [-0.4, -0.2) is 30.3 Å². The molecule has 2 rings (SSSR count). The molecule has 0 aromatic rings. The fourth-order valence-corrected chi connectivity index (χ4v) is 3.84. The molecule has 94 valence electrons. The normalized spacial score (nSPS) is 39.6. The van der Waals surface area contributed by atoms with E-state index in [1.807, 2.05) is 0 Å². The largest absolute Gasteiger partial charge is 0.389 e. The lowest BCUT2D eigenvalue weighted by molar-refractivity contribution is -0.148. The fourth-order valence-electron chi connectivity index (χ4n) is 3.84. The van der Waals surface area contributed by atoms with Crippen LogP contribution >= 0.6 is 0 Å². The smallest absolute Gasteiger partial charge is 0.0765 e. The molecule has 0 amide bonds. The topological polar surface area (TPSA) is 58.3 Å². The molecule has 2 atom stereocenters. The number of nitrogens with two attached hydrogens (primary N) is 1. The number of hydrogen-bond acceptors (Lipinski definition) is 3. The minimum Gasteiger partial charge on any atom is -0.389 e. The Morgan fingerprint density at radius 2 is 1.94 bits per heavy atom. The third kappa shape index (κ3) is 1.79. The van der Waals surface area contributed by atoms with Gasteiger partial charge in [0.1, 0.15) is 0 Å². The van der Waals surface area contributed by atoms with E-state index in [0.29, 0.717) is 12.5 Å². The van der Waals surface area contributed by atoms with Crippen molar-refractivity contribution in [2.45, 2.75) is 51.0 Å². The summed E-state index contributed by atoms with van der Waals surface area (Å²) in [6.45, 7) is 4.67. The summed E-state index contributed by atoms with van der Waals surface area (Å²) in [4.78, 5) is 0. The van der Waals surface area contributed by atoms with E-state index in [4.69, 9.17) is 5.73 Å². The van der Waals surface area contributed by atoms with Gasteiger partial charge in [0.25, 0.3) is 0 Å². The average Bonchev–Trinajstić information content (AvgIpc) is 2.34. The molecule has 1 aliphatic heterocycles. The van der Waals surface area contributed by atoms with Crippen LogP contribution in [0.25, 0.3) is 0 Å². The maximum atomic E-state index is 11.1. The molecule has 0 bridgehead atoms. The lowest BCUT2D eigenvalue weighted by Crippen LogP contribution is -2.62. The monoisotopic (exact) mass is 226 g/mol. The predicted octanol–water partition coefficient (Wildman–Crippen LogP) is 1.26. The third-order valence-electron chi connectivity index (χ3n) is 5.07. The highest BCUT2D eigenvalue weighted by molar-refractivity contribution is 5.05. The minimum atomic E-state index is -0.534. The first-order valence-electron chi connectivity index (χ1n) is 6.78. The first kappa shape index (κ1) is 12.3. The van der Waals surface area contributed by atoms with Gasteiger partial charge in [0.15, 0.2) is 0 Å². The summed E-state index contributed by atoms with van der Waals surface area (Å²) in [6.07, 6.45) is 6.88. The highest BCUT2D eigenvalue weighted by Crippen LogP contribution is 2.49. The lowest BCUT2D eigenvalue weighted by Gasteiger charge is -2.54. The molecule has 16 heavy (non-hydrogen) atoms. The molecular weight excluding hydrogens is 200 g/mol. The van der Waals surface area contributed by atoms with Crippen LogP contribution in [0.15, 0.2) is 0 Å². The highest BCUT2D eigenvalue weighted by Gasteiger charge is 2.53. The van der Waals surface area contributed by atoms with Gasteiger partial charge in [-0.2, -0.15) is 0 Å². The van der Waals surface area contributed by atoms with Crippen molar-refractivity contribution >= 4 is 0 Å². The van der Waals surface area contributed by atoms with Gasteiger partial charge in [0.2, 0.25) is 0 Å². The second kappa shape index (κ2) is 4.63. The van der Waals surface area contributed by atoms with E-state index < -0.39 is 5.60 Å². The van der Waals surface area contributed by atoms with Crippen LogP contribution in [0.1, 0.15) is 45.4 Å². The Hall–Kier alpha value is -0.120. The summed E-state index contributed by atoms with van der Waals surface area (Å²) in [5, 5.41) is 14.5. The van der Waals surface area contributed by atoms with E-state index in [1.165, 1.54) is 19.3 Å². The molecule has 2 aliphatic rings. The summed E-state index contributed by atoms with van der Waals surface area (Å²) >= 11 is 0. The van der Waals surface area contributed by atoms with Crippen molar-refractivity contribution in [2.75, 3.05) is 19.6 Å². The minimum absolute atomic E-state index is 0.00718. The molecule has 0 radical (unpaired) electrons. The molecule has 0 aromatic carbocycles. The third-order valence-corrected chi connectivity index (χ3v) is 5.07. The second-order valence-corrected chi connectivity index (χ2v) is 5.82. The second-order valence-electron chi connectivity index (χ2n) is 5.82. The van der Waals surface area contributed by atoms with Crippen molar-refractivity contribution in [3.05, 3.63) is 0 Å². The molecule has 1 heterocycles. The first-order valence-corrected chi connectivity index (χ1v) is 6.78. The Balaban J connectivity index is 2.23. The summed E-state index contributed by atoms with van der Waals surface area (Å²) in [6, 6.07) is 0. The van der Waals surface area contributed by atoms with Crippen LogP contribution in [0, 0.1) is 11.3 Å². The van der Waals surface area contributed by atoms with Crippen molar-refractivity contribution in [3.63, 3.8) is 0 Å². The first-order chi connectivity index (χ1) is 7.65. The molecule has 4 N–H and O–H groups in total. The summed E-state index contributed by atoms with van der Waals surface area (Å²) in [7, 11) is 0. The standard InChI is InChI=1S/C13H26N2O/c1-11-9-15-8-7-13(11,16)12(10-14)5-3-2-4-6-12/h11,15-16H,2-10,14H2,1H3. The van der Waals surface area contributed by atoms with Gasteiger partial charge in [-0.15, -0.1) is 0 Å². The van der Waals surface area contributed by atoms with Crippen molar-refractivity contribution < 1.29 is 5.11 Å². The van der Waals surface area contributed by atoms with Crippen LogP contribution in [-0.2, 0) is 0 Å². The van der Waals surface area contributed by atoms with E-state index in [1.54, 1.807) is 0 Å². The Kier molecular flexibility index (Phi) is 3.57.